The van der Waals surface area contributed by atoms with Gasteiger partial charge in [-0.25, -0.2) is 4.79 Å². The number of ether oxygens (including phenoxy) is 1. The highest BCUT2D eigenvalue weighted by atomic mass is 79.9. The number of aliphatic hydroxyl groups excluding tert-OH is 1. The van der Waals surface area contributed by atoms with Gasteiger partial charge in [-0.05, 0) is 31.0 Å². The summed E-state index contributed by atoms with van der Waals surface area (Å²) < 4.78 is 6.04. The summed E-state index contributed by atoms with van der Waals surface area (Å²) in [5.74, 6) is 0.599. The minimum Gasteiger partial charge on any atom is -0.495 e. The number of nitrogens with one attached hydrogen (secondary N) is 2. The van der Waals surface area contributed by atoms with Gasteiger partial charge in [0.1, 0.15) is 5.75 Å². The van der Waals surface area contributed by atoms with Gasteiger partial charge in [-0.1, -0.05) is 15.9 Å². The van der Waals surface area contributed by atoms with Gasteiger partial charge in [0.05, 0.1) is 19.4 Å². The summed E-state index contributed by atoms with van der Waals surface area (Å²) in [5.41, 5.74) is 0.502. The van der Waals surface area contributed by atoms with E-state index in [9.17, 15) is 9.90 Å². The number of benzene rings is 1. The number of rotatable bonds is 5. The molecule has 104 valence electrons. The van der Waals surface area contributed by atoms with Crippen LogP contribution in [0.5, 0.6) is 5.75 Å². The average molecular weight is 329 g/mol. The van der Waals surface area contributed by atoms with Crippen molar-refractivity contribution in [1.82, 2.24) is 5.32 Å². The molecule has 5 nitrogen and oxygen atoms in total. The van der Waals surface area contributed by atoms with Crippen molar-refractivity contribution in [3.63, 3.8) is 0 Å². The van der Waals surface area contributed by atoms with Crippen LogP contribution in [0.3, 0.4) is 0 Å². The average Bonchev–Trinajstić information content (AvgIpc) is 3.17. The standard InChI is InChI=1S/C13H17BrN2O3/c1-19-11-3-2-9(14)6-10(11)16-12(18)15-7-13(8-17)4-5-13/h2-3,6,17H,4-5,7-8H2,1H3,(H2,15,16,18). The molecule has 1 fully saturated rings. The molecule has 0 aromatic heterocycles. The Kier molecular flexibility index (Phi) is 4.31. The summed E-state index contributed by atoms with van der Waals surface area (Å²) in [4.78, 5) is 11.8. The summed E-state index contributed by atoms with van der Waals surface area (Å²) in [6.45, 7) is 0.610. The lowest BCUT2D eigenvalue weighted by Crippen LogP contribution is -2.35. The molecular weight excluding hydrogens is 312 g/mol. The van der Waals surface area contributed by atoms with Crippen LogP contribution in [-0.2, 0) is 0 Å². The maximum Gasteiger partial charge on any atom is 0.319 e. The van der Waals surface area contributed by atoms with Crippen molar-refractivity contribution in [3.8, 4) is 5.75 Å². The molecule has 0 aliphatic heterocycles. The summed E-state index contributed by atoms with van der Waals surface area (Å²) in [6.07, 6.45) is 1.92. The van der Waals surface area contributed by atoms with E-state index in [1.165, 1.54) is 0 Å². The molecule has 1 aromatic carbocycles. The zero-order chi connectivity index (χ0) is 13.9. The van der Waals surface area contributed by atoms with Crippen LogP contribution in [0, 0.1) is 5.41 Å². The van der Waals surface area contributed by atoms with Gasteiger partial charge >= 0.3 is 6.03 Å². The molecule has 0 bridgehead atoms. The summed E-state index contributed by atoms with van der Waals surface area (Å²) in [7, 11) is 1.55. The molecule has 6 heteroatoms. The van der Waals surface area contributed by atoms with E-state index < -0.39 is 0 Å². The van der Waals surface area contributed by atoms with E-state index >= 15 is 0 Å². The van der Waals surface area contributed by atoms with Crippen molar-refractivity contribution < 1.29 is 14.6 Å². The van der Waals surface area contributed by atoms with E-state index in [4.69, 9.17) is 4.74 Å². The SMILES string of the molecule is COc1ccc(Br)cc1NC(=O)NCC1(CO)CC1. The molecule has 0 unspecified atom stereocenters. The quantitative estimate of drug-likeness (QED) is 0.777. The third-order valence-electron chi connectivity index (χ3n) is 3.33. The van der Waals surface area contributed by atoms with Crippen molar-refractivity contribution in [2.45, 2.75) is 12.8 Å². The Balaban J connectivity index is 1.93. The lowest BCUT2D eigenvalue weighted by atomic mass is 10.1. The van der Waals surface area contributed by atoms with Gasteiger partial charge in [-0.3, -0.25) is 0 Å². The predicted octanol–water partition coefficient (Wildman–Crippen LogP) is 2.35. The molecule has 3 N–H and O–H groups in total. The fourth-order valence-corrected chi connectivity index (χ4v) is 2.14. The highest BCUT2D eigenvalue weighted by molar-refractivity contribution is 9.10. The van der Waals surface area contributed by atoms with Crippen LogP contribution in [0.4, 0.5) is 10.5 Å². The van der Waals surface area contributed by atoms with Gasteiger partial charge < -0.3 is 20.5 Å². The zero-order valence-corrected chi connectivity index (χ0v) is 12.3. The number of amides is 2. The van der Waals surface area contributed by atoms with E-state index in [0.717, 1.165) is 17.3 Å². The van der Waals surface area contributed by atoms with Crippen LogP contribution in [0.2, 0.25) is 0 Å². The van der Waals surface area contributed by atoms with E-state index in [-0.39, 0.29) is 18.1 Å². The Morgan fingerprint density at radius 2 is 2.26 bits per heavy atom. The summed E-state index contributed by atoms with van der Waals surface area (Å²) in [5, 5.41) is 14.7. The number of carbonyl (C=O) groups is 1. The Morgan fingerprint density at radius 1 is 1.53 bits per heavy atom. The van der Waals surface area contributed by atoms with Crippen LogP contribution in [0.25, 0.3) is 0 Å². The molecule has 19 heavy (non-hydrogen) atoms. The van der Waals surface area contributed by atoms with Gasteiger partial charge in [0.25, 0.3) is 0 Å². The topological polar surface area (TPSA) is 70.6 Å². The molecule has 0 saturated heterocycles. The van der Waals surface area contributed by atoms with E-state index in [1.54, 1.807) is 19.2 Å². The summed E-state index contributed by atoms with van der Waals surface area (Å²) >= 11 is 3.35. The van der Waals surface area contributed by atoms with E-state index in [1.807, 2.05) is 6.07 Å². The number of hydrogen-bond acceptors (Lipinski definition) is 3. The Morgan fingerprint density at radius 3 is 2.84 bits per heavy atom. The first-order valence-corrected chi connectivity index (χ1v) is 6.87. The van der Waals surface area contributed by atoms with Crippen LogP contribution in [0.15, 0.2) is 22.7 Å². The zero-order valence-electron chi connectivity index (χ0n) is 10.7. The Bertz CT molecular complexity index is 475. The van der Waals surface area contributed by atoms with Gasteiger partial charge in [0, 0.05) is 16.4 Å². The van der Waals surface area contributed by atoms with Crippen LogP contribution >= 0.6 is 15.9 Å². The first kappa shape index (κ1) is 14.1. The van der Waals surface area contributed by atoms with Gasteiger partial charge in [0.2, 0.25) is 0 Å². The molecule has 1 saturated carbocycles. The maximum atomic E-state index is 11.8. The first-order valence-electron chi connectivity index (χ1n) is 6.08. The van der Waals surface area contributed by atoms with Crippen molar-refractivity contribution in [1.29, 1.82) is 0 Å². The van der Waals surface area contributed by atoms with Crippen molar-refractivity contribution >= 4 is 27.6 Å². The minimum atomic E-state index is -0.295. The molecule has 0 spiro atoms. The third kappa shape index (κ3) is 3.61. The third-order valence-corrected chi connectivity index (χ3v) is 3.82. The molecule has 0 radical (unpaired) electrons. The minimum absolute atomic E-state index is 0.0985. The number of urea groups is 1. The molecule has 2 rings (SSSR count). The van der Waals surface area contributed by atoms with Crippen molar-refractivity contribution in [2.24, 2.45) is 5.41 Å². The number of aliphatic hydroxyl groups is 1. The first-order chi connectivity index (χ1) is 9.08. The monoisotopic (exact) mass is 328 g/mol. The lowest BCUT2D eigenvalue weighted by molar-refractivity contribution is 0.206. The second-order valence-corrected chi connectivity index (χ2v) is 5.73. The molecule has 0 heterocycles. The van der Waals surface area contributed by atoms with E-state index in [2.05, 4.69) is 26.6 Å². The Labute approximate surface area is 120 Å². The number of halogens is 1. The van der Waals surface area contributed by atoms with Crippen LogP contribution < -0.4 is 15.4 Å². The predicted molar refractivity (Wildman–Crippen MR) is 76.5 cm³/mol. The molecule has 2 amide bonds. The van der Waals surface area contributed by atoms with E-state index in [0.29, 0.717) is 18.0 Å². The number of methoxy groups -OCH3 is 1. The van der Waals surface area contributed by atoms with Gasteiger partial charge in [-0.15, -0.1) is 0 Å². The fourth-order valence-electron chi connectivity index (χ4n) is 1.78. The molecule has 1 aromatic rings. The van der Waals surface area contributed by atoms with Gasteiger partial charge in [-0.2, -0.15) is 0 Å². The fraction of sp³-hybridized carbons (Fsp3) is 0.462. The maximum absolute atomic E-state index is 11.8. The number of carbonyl (C=O) groups excluding carboxylic acids is 1. The smallest absolute Gasteiger partial charge is 0.319 e. The van der Waals surface area contributed by atoms with Gasteiger partial charge in [0.15, 0.2) is 0 Å². The second kappa shape index (κ2) is 5.79. The normalized spacial score (nSPS) is 15.7. The van der Waals surface area contributed by atoms with Crippen LogP contribution in [-0.4, -0.2) is 31.4 Å². The molecule has 0 atom stereocenters. The molecule has 1 aliphatic rings. The highest BCUT2D eigenvalue weighted by Crippen LogP contribution is 2.44. The summed E-state index contributed by atoms with van der Waals surface area (Å²) in [6, 6.07) is 5.09. The molecule has 1 aliphatic carbocycles. The largest absolute Gasteiger partial charge is 0.495 e. The molecular formula is C13H17BrN2O3. The number of hydrogen-bond donors (Lipinski definition) is 3. The van der Waals surface area contributed by atoms with Crippen molar-refractivity contribution in [3.05, 3.63) is 22.7 Å². The Hall–Kier alpha value is -1.27. The second-order valence-electron chi connectivity index (χ2n) is 4.81. The van der Waals surface area contributed by atoms with Crippen molar-refractivity contribution in [2.75, 3.05) is 25.6 Å². The van der Waals surface area contributed by atoms with Crippen LogP contribution in [0.1, 0.15) is 12.8 Å². The highest BCUT2D eigenvalue weighted by Gasteiger charge is 2.42. The lowest BCUT2D eigenvalue weighted by Gasteiger charge is -2.15. The number of anilines is 1.